The van der Waals surface area contributed by atoms with E-state index in [4.69, 9.17) is 0 Å². The highest BCUT2D eigenvalue weighted by Gasteiger charge is 2.40. The van der Waals surface area contributed by atoms with Gasteiger partial charge in [0.2, 0.25) is 9.84 Å². The van der Waals surface area contributed by atoms with E-state index in [1.54, 1.807) is 6.07 Å². The van der Waals surface area contributed by atoms with Crippen LogP contribution in [0.4, 0.5) is 0 Å². The summed E-state index contributed by atoms with van der Waals surface area (Å²) >= 11 is 0. The third kappa shape index (κ3) is 2.41. The first-order chi connectivity index (χ1) is 11.1. The van der Waals surface area contributed by atoms with Gasteiger partial charge in [-0.1, -0.05) is 65.8 Å². The van der Waals surface area contributed by atoms with Crippen LogP contribution in [0, 0.1) is 0 Å². The molecule has 0 aromatic heterocycles. The monoisotopic (exact) mass is 342 g/mol. The van der Waals surface area contributed by atoms with Crippen LogP contribution >= 0.6 is 0 Å². The predicted molar refractivity (Wildman–Crippen MR) is 98.6 cm³/mol. The van der Waals surface area contributed by atoms with E-state index in [1.807, 2.05) is 18.2 Å². The molecule has 128 valence electrons. The van der Waals surface area contributed by atoms with Gasteiger partial charge in [0.25, 0.3) is 0 Å². The molecule has 3 rings (SSSR count). The van der Waals surface area contributed by atoms with Crippen LogP contribution in [0.2, 0.25) is 0 Å². The minimum absolute atomic E-state index is 0.304. The third-order valence-electron chi connectivity index (χ3n) is 5.27. The zero-order valence-corrected chi connectivity index (χ0v) is 16.2. The van der Waals surface area contributed by atoms with Crippen molar-refractivity contribution in [3.05, 3.63) is 58.7 Å². The zero-order chi connectivity index (χ0) is 17.9. The van der Waals surface area contributed by atoms with Crippen LogP contribution in [0.5, 0.6) is 0 Å². The number of fused-ring (bicyclic) bond motifs is 2. The summed E-state index contributed by atoms with van der Waals surface area (Å²) in [4.78, 5) is 0.939. The molecule has 0 saturated carbocycles. The van der Waals surface area contributed by atoms with Crippen LogP contribution in [0.15, 0.2) is 46.2 Å². The van der Waals surface area contributed by atoms with Crippen molar-refractivity contribution in [2.75, 3.05) is 0 Å². The molecule has 0 atom stereocenters. The predicted octanol–water partition coefficient (Wildman–Crippen LogP) is 5.41. The topological polar surface area (TPSA) is 34.1 Å². The van der Waals surface area contributed by atoms with Crippen molar-refractivity contribution < 1.29 is 8.42 Å². The van der Waals surface area contributed by atoms with Crippen LogP contribution in [0.3, 0.4) is 0 Å². The molecule has 2 aromatic carbocycles. The smallest absolute Gasteiger partial charge is 0.207 e. The van der Waals surface area contributed by atoms with Crippen molar-refractivity contribution in [3.8, 4) is 0 Å². The van der Waals surface area contributed by atoms with Gasteiger partial charge in [-0.2, -0.15) is 0 Å². The minimum atomic E-state index is -3.47. The molecule has 0 radical (unpaired) electrons. The lowest BCUT2D eigenvalue weighted by Crippen LogP contribution is -2.30. The zero-order valence-electron chi connectivity index (χ0n) is 15.3. The molecule has 3 heteroatoms. The summed E-state index contributed by atoms with van der Waals surface area (Å²) < 4.78 is 26.5. The lowest BCUT2D eigenvalue weighted by atomic mass is 9.76. The van der Waals surface area contributed by atoms with Gasteiger partial charge in [0, 0.05) is 5.41 Å². The second kappa shape index (κ2) is 5.45. The lowest BCUT2D eigenvalue weighted by Gasteiger charge is -2.35. The number of rotatable bonds is 2. The Morgan fingerprint density at radius 1 is 0.750 bits per heavy atom. The highest BCUT2D eigenvalue weighted by molar-refractivity contribution is 7.91. The Balaban J connectivity index is 2.34. The van der Waals surface area contributed by atoms with E-state index >= 15 is 0 Å². The van der Waals surface area contributed by atoms with Gasteiger partial charge < -0.3 is 0 Å². The molecule has 2 nitrogen and oxygen atoms in total. The fourth-order valence-electron chi connectivity index (χ4n) is 3.53. The summed E-state index contributed by atoms with van der Waals surface area (Å²) in [5.41, 5.74) is 3.74. The average Bonchev–Trinajstić information content (AvgIpc) is 2.52. The van der Waals surface area contributed by atoms with Gasteiger partial charge >= 0.3 is 0 Å². The Morgan fingerprint density at radius 2 is 1.29 bits per heavy atom. The third-order valence-corrected chi connectivity index (χ3v) is 7.12. The Bertz CT molecular complexity index is 903. The van der Waals surface area contributed by atoms with E-state index in [2.05, 4.69) is 53.7 Å². The van der Waals surface area contributed by atoms with Crippen LogP contribution in [0.1, 0.15) is 75.6 Å². The molecule has 0 saturated heterocycles. The number of hydrogen-bond donors (Lipinski definition) is 0. The fraction of sp³-hybridized carbons (Fsp3) is 0.429. The number of sulfone groups is 1. The molecule has 0 amide bonds. The maximum absolute atomic E-state index is 13.2. The SMILES string of the molecule is CC(C)c1ccc2c(c1)C(C)(C)c1ccc(C(C)C)cc1S2(=O)=O. The molecule has 1 heterocycles. The van der Waals surface area contributed by atoms with E-state index in [0.29, 0.717) is 21.6 Å². The molecule has 0 aliphatic carbocycles. The second-order valence-electron chi connectivity index (χ2n) is 7.95. The van der Waals surface area contributed by atoms with Gasteiger partial charge in [-0.3, -0.25) is 0 Å². The molecule has 0 bridgehead atoms. The first-order valence-corrected chi connectivity index (χ1v) is 10.1. The Labute approximate surface area is 145 Å². The lowest BCUT2D eigenvalue weighted by molar-refractivity contribution is 0.553. The van der Waals surface area contributed by atoms with Crippen LogP contribution in [-0.2, 0) is 15.3 Å². The molecule has 0 unspecified atom stereocenters. The summed E-state index contributed by atoms with van der Waals surface area (Å²) in [6.07, 6.45) is 0. The maximum atomic E-state index is 13.2. The molecule has 2 aromatic rings. The van der Waals surface area contributed by atoms with Gasteiger partial charge in [0.15, 0.2) is 0 Å². The molecule has 0 spiro atoms. The van der Waals surface area contributed by atoms with Gasteiger partial charge in [-0.15, -0.1) is 0 Å². The normalized spacial score (nSPS) is 17.7. The quantitative estimate of drug-likeness (QED) is 0.731. The van der Waals surface area contributed by atoms with Gasteiger partial charge in [0.1, 0.15) is 0 Å². The Kier molecular flexibility index (Phi) is 3.91. The van der Waals surface area contributed by atoms with E-state index < -0.39 is 9.84 Å². The van der Waals surface area contributed by atoms with Crippen molar-refractivity contribution in [1.82, 2.24) is 0 Å². The molecular weight excluding hydrogens is 316 g/mol. The van der Waals surface area contributed by atoms with Crippen molar-refractivity contribution >= 4 is 9.84 Å². The Morgan fingerprint density at radius 3 is 1.88 bits per heavy atom. The molecule has 24 heavy (non-hydrogen) atoms. The van der Waals surface area contributed by atoms with E-state index in [0.717, 1.165) is 16.7 Å². The molecular formula is C21H26O2S. The van der Waals surface area contributed by atoms with Crippen LogP contribution in [-0.4, -0.2) is 8.42 Å². The maximum Gasteiger partial charge on any atom is 0.207 e. The highest BCUT2D eigenvalue weighted by Crippen LogP contribution is 2.46. The fourth-order valence-corrected chi connectivity index (χ4v) is 5.52. The van der Waals surface area contributed by atoms with Crippen molar-refractivity contribution in [2.24, 2.45) is 0 Å². The first-order valence-electron chi connectivity index (χ1n) is 8.60. The molecule has 1 aliphatic heterocycles. The van der Waals surface area contributed by atoms with Gasteiger partial charge in [-0.25, -0.2) is 8.42 Å². The largest absolute Gasteiger partial charge is 0.218 e. The van der Waals surface area contributed by atoms with Crippen molar-refractivity contribution in [3.63, 3.8) is 0 Å². The van der Waals surface area contributed by atoms with E-state index in [9.17, 15) is 8.42 Å². The molecule has 0 fully saturated rings. The minimum Gasteiger partial charge on any atom is -0.218 e. The summed E-state index contributed by atoms with van der Waals surface area (Å²) in [6.45, 7) is 12.7. The number of benzene rings is 2. The molecule has 0 N–H and O–H groups in total. The van der Waals surface area contributed by atoms with Crippen LogP contribution < -0.4 is 0 Å². The summed E-state index contributed by atoms with van der Waals surface area (Å²) in [6, 6.07) is 11.8. The van der Waals surface area contributed by atoms with Crippen molar-refractivity contribution in [1.29, 1.82) is 0 Å². The number of hydrogen-bond acceptors (Lipinski definition) is 2. The average molecular weight is 343 g/mol. The van der Waals surface area contributed by atoms with Gasteiger partial charge in [0.05, 0.1) is 9.79 Å². The first kappa shape index (κ1) is 17.2. The van der Waals surface area contributed by atoms with Crippen LogP contribution in [0.25, 0.3) is 0 Å². The second-order valence-corrected chi connectivity index (χ2v) is 9.84. The Hall–Kier alpha value is -1.61. The van der Waals surface area contributed by atoms with E-state index in [1.165, 1.54) is 5.56 Å². The summed E-state index contributed by atoms with van der Waals surface area (Å²) in [7, 11) is -3.47. The van der Waals surface area contributed by atoms with Gasteiger partial charge in [-0.05, 0) is 46.2 Å². The standard InChI is InChI=1S/C21H26O2S/c1-13(2)15-8-10-19-18(11-15)21(5,6)17-9-7-16(14(3)4)12-20(17)24(19,22)23/h7-14H,1-6H3. The summed E-state index contributed by atoms with van der Waals surface area (Å²) in [5, 5.41) is 0. The molecule has 1 aliphatic rings. The van der Waals surface area contributed by atoms with E-state index in [-0.39, 0.29) is 5.41 Å². The van der Waals surface area contributed by atoms with Crippen molar-refractivity contribution in [2.45, 2.75) is 68.6 Å². The highest BCUT2D eigenvalue weighted by atomic mass is 32.2. The summed E-state index contributed by atoms with van der Waals surface area (Å²) in [5.74, 6) is 0.678.